The maximum atomic E-state index is 3.27. The Morgan fingerprint density at radius 1 is 1.25 bits per heavy atom. The fourth-order valence-corrected chi connectivity index (χ4v) is 1.94. The highest BCUT2D eigenvalue weighted by atomic mass is 32.1. The quantitative estimate of drug-likeness (QED) is 0.580. The summed E-state index contributed by atoms with van der Waals surface area (Å²) in [5.74, 6) is 0. The lowest BCUT2D eigenvalue weighted by Gasteiger charge is -1.97. The highest BCUT2D eigenvalue weighted by molar-refractivity contribution is 7.07. The molecule has 12 heavy (non-hydrogen) atoms. The van der Waals surface area contributed by atoms with Gasteiger partial charge < -0.3 is 0 Å². The number of hydrogen-bond donors (Lipinski definition) is 0. The second-order valence-electron chi connectivity index (χ2n) is 3.21. The Balaban J connectivity index is 1.96. The van der Waals surface area contributed by atoms with E-state index < -0.39 is 0 Å². The fourth-order valence-electron chi connectivity index (χ4n) is 1.31. The highest BCUT2D eigenvalue weighted by Gasteiger charge is 1.93. The van der Waals surface area contributed by atoms with Gasteiger partial charge in [0.2, 0.25) is 0 Å². The molecule has 0 saturated heterocycles. The molecule has 0 bridgehead atoms. The van der Waals surface area contributed by atoms with Crippen molar-refractivity contribution in [1.82, 2.24) is 0 Å². The Hall–Kier alpha value is -0.300. The van der Waals surface area contributed by atoms with Crippen molar-refractivity contribution in [2.45, 2.75) is 45.4 Å². The van der Waals surface area contributed by atoms with E-state index in [1.165, 1.54) is 44.1 Å². The van der Waals surface area contributed by atoms with Crippen LogP contribution in [0.3, 0.4) is 0 Å². The first kappa shape index (κ1) is 9.79. The number of aryl methyl sites for hydroxylation is 1. The van der Waals surface area contributed by atoms with Crippen LogP contribution in [-0.4, -0.2) is 0 Å². The van der Waals surface area contributed by atoms with Crippen LogP contribution in [0.1, 0.15) is 44.6 Å². The Kier molecular flexibility index (Phi) is 5.09. The summed E-state index contributed by atoms with van der Waals surface area (Å²) in [5.41, 5.74) is 1.40. The minimum Gasteiger partial charge on any atom is -0.143 e. The van der Waals surface area contributed by atoms with E-state index in [1.807, 2.05) is 0 Å². The third-order valence-corrected chi connectivity index (χ3v) is 2.73. The summed E-state index contributed by atoms with van der Waals surface area (Å²) in [6.07, 6.45) is 8.09. The maximum absolute atomic E-state index is 3.27. The first-order valence-corrected chi connectivity index (χ1v) is 5.75. The molecule has 0 N–H and O–H groups in total. The van der Waals surface area contributed by atoms with Crippen LogP contribution >= 0.6 is 11.3 Å². The zero-order valence-corrected chi connectivity index (χ0v) is 8.62. The molecule has 0 aliphatic rings. The molecule has 1 aromatic rings. The lowest BCUT2D eigenvalue weighted by atomic mass is 10.1. The summed E-state index contributed by atoms with van der Waals surface area (Å²) in [4.78, 5) is 0. The van der Waals surface area contributed by atoms with Crippen LogP contribution in [0, 0.1) is 5.38 Å². The molecule has 0 saturated carbocycles. The maximum Gasteiger partial charge on any atom is 0.0477 e. The van der Waals surface area contributed by atoms with E-state index in [9.17, 15) is 0 Å². The zero-order chi connectivity index (χ0) is 8.65. The van der Waals surface area contributed by atoms with Crippen molar-refractivity contribution in [3.8, 4) is 0 Å². The average Bonchev–Trinajstić information content (AvgIpc) is 2.57. The van der Waals surface area contributed by atoms with Crippen molar-refractivity contribution in [2.24, 2.45) is 0 Å². The van der Waals surface area contributed by atoms with E-state index in [0.717, 1.165) is 0 Å². The topological polar surface area (TPSA) is 0 Å². The number of hydrogen-bond acceptors (Lipinski definition) is 1. The Morgan fingerprint density at radius 2 is 2.08 bits per heavy atom. The Bertz CT molecular complexity index is 177. The van der Waals surface area contributed by atoms with Crippen LogP contribution < -0.4 is 0 Å². The fraction of sp³-hybridized carbons (Fsp3) is 0.636. The normalized spacial score (nSPS) is 10.4. The van der Waals surface area contributed by atoms with Gasteiger partial charge in [-0.05, 0) is 29.9 Å². The molecule has 1 radical (unpaired) electrons. The van der Waals surface area contributed by atoms with Crippen LogP contribution in [-0.2, 0) is 6.42 Å². The van der Waals surface area contributed by atoms with E-state index in [4.69, 9.17) is 0 Å². The average molecular weight is 181 g/mol. The van der Waals surface area contributed by atoms with E-state index in [2.05, 4.69) is 23.8 Å². The van der Waals surface area contributed by atoms with Crippen LogP contribution in [0.2, 0.25) is 0 Å². The third-order valence-electron chi connectivity index (χ3n) is 2.08. The standard InChI is InChI=1S/C11H17S/c1-2-3-4-5-6-7-11-8-9-12-10-11/h8-9H,2-7H2,1H3. The van der Waals surface area contributed by atoms with Crippen LogP contribution in [0.25, 0.3) is 0 Å². The van der Waals surface area contributed by atoms with Crippen molar-refractivity contribution in [1.29, 1.82) is 0 Å². The molecule has 0 fully saturated rings. The van der Waals surface area contributed by atoms with Gasteiger partial charge in [0.25, 0.3) is 0 Å². The molecular weight excluding hydrogens is 164 g/mol. The smallest absolute Gasteiger partial charge is 0.0477 e. The SMILES string of the molecule is CCCCCCCc1[c]scc1. The molecule has 0 aliphatic carbocycles. The van der Waals surface area contributed by atoms with Gasteiger partial charge in [0.1, 0.15) is 0 Å². The summed E-state index contributed by atoms with van der Waals surface area (Å²) >= 11 is 1.68. The molecule has 0 atom stereocenters. The second-order valence-corrected chi connectivity index (χ2v) is 3.92. The minimum atomic E-state index is 1.23. The zero-order valence-electron chi connectivity index (χ0n) is 7.81. The van der Waals surface area contributed by atoms with E-state index in [-0.39, 0.29) is 0 Å². The van der Waals surface area contributed by atoms with Crippen molar-refractivity contribution in [3.05, 3.63) is 22.4 Å². The van der Waals surface area contributed by atoms with Crippen molar-refractivity contribution < 1.29 is 0 Å². The molecule has 1 heterocycles. The van der Waals surface area contributed by atoms with Gasteiger partial charge in [-0.2, -0.15) is 0 Å². The van der Waals surface area contributed by atoms with Crippen molar-refractivity contribution in [3.63, 3.8) is 0 Å². The summed E-state index contributed by atoms with van der Waals surface area (Å²) in [7, 11) is 0. The number of rotatable bonds is 6. The van der Waals surface area contributed by atoms with Gasteiger partial charge in [0.05, 0.1) is 0 Å². The van der Waals surface area contributed by atoms with Crippen LogP contribution in [0.5, 0.6) is 0 Å². The lowest BCUT2D eigenvalue weighted by Crippen LogP contribution is -1.82. The van der Waals surface area contributed by atoms with E-state index in [1.54, 1.807) is 11.3 Å². The van der Waals surface area contributed by atoms with Gasteiger partial charge in [-0.3, -0.25) is 0 Å². The predicted octanol–water partition coefficient (Wildman–Crippen LogP) is 4.06. The largest absolute Gasteiger partial charge is 0.143 e. The molecule has 0 amide bonds. The Morgan fingerprint density at radius 3 is 2.75 bits per heavy atom. The number of unbranched alkanes of at least 4 members (excludes halogenated alkanes) is 4. The van der Waals surface area contributed by atoms with Crippen LogP contribution in [0.4, 0.5) is 0 Å². The molecule has 1 rings (SSSR count). The second kappa shape index (κ2) is 6.24. The molecule has 0 aromatic carbocycles. The van der Waals surface area contributed by atoms with Gasteiger partial charge >= 0.3 is 0 Å². The molecule has 0 aliphatic heterocycles. The summed E-state index contributed by atoms with van der Waals surface area (Å²) in [6.45, 7) is 2.26. The first-order chi connectivity index (χ1) is 5.93. The molecular formula is C11H17S. The molecule has 0 nitrogen and oxygen atoms in total. The minimum absolute atomic E-state index is 1.23. The highest BCUT2D eigenvalue weighted by Crippen LogP contribution is 2.10. The predicted molar refractivity (Wildman–Crippen MR) is 55.6 cm³/mol. The van der Waals surface area contributed by atoms with Crippen molar-refractivity contribution in [2.75, 3.05) is 0 Å². The van der Waals surface area contributed by atoms with E-state index >= 15 is 0 Å². The Labute approximate surface area is 79.6 Å². The molecule has 0 spiro atoms. The van der Waals surface area contributed by atoms with Crippen LogP contribution in [0.15, 0.2) is 11.4 Å². The summed E-state index contributed by atoms with van der Waals surface area (Å²) in [5, 5.41) is 5.38. The van der Waals surface area contributed by atoms with E-state index in [0.29, 0.717) is 0 Å². The molecule has 1 heteroatoms. The van der Waals surface area contributed by atoms with Gasteiger partial charge in [0, 0.05) is 5.38 Å². The van der Waals surface area contributed by atoms with Gasteiger partial charge in [-0.25, -0.2) is 0 Å². The monoisotopic (exact) mass is 181 g/mol. The third kappa shape index (κ3) is 3.91. The summed E-state index contributed by atoms with van der Waals surface area (Å²) < 4.78 is 0. The van der Waals surface area contributed by atoms with Crippen molar-refractivity contribution >= 4 is 11.3 Å². The molecule has 0 unspecified atom stereocenters. The number of thiophene rings is 1. The lowest BCUT2D eigenvalue weighted by molar-refractivity contribution is 0.632. The van der Waals surface area contributed by atoms with Gasteiger partial charge in [-0.1, -0.05) is 32.6 Å². The summed E-state index contributed by atoms with van der Waals surface area (Å²) in [6, 6.07) is 2.19. The first-order valence-electron chi connectivity index (χ1n) is 4.87. The molecule has 67 valence electrons. The molecule has 1 aromatic heterocycles. The van der Waals surface area contributed by atoms with Gasteiger partial charge in [0.15, 0.2) is 0 Å². The van der Waals surface area contributed by atoms with Gasteiger partial charge in [-0.15, -0.1) is 11.3 Å².